The summed E-state index contributed by atoms with van der Waals surface area (Å²) in [6, 6.07) is 0. The minimum atomic E-state index is 0.301. The normalized spacial score (nSPS) is 23.6. The summed E-state index contributed by atoms with van der Waals surface area (Å²) in [6.07, 6.45) is 11.0. The zero-order valence-corrected chi connectivity index (χ0v) is 15.7. The Morgan fingerprint density at radius 3 is 2.46 bits per heavy atom. The van der Waals surface area contributed by atoms with E-state index in [0.717, 1.165) is 82.5 Å². The van der Waals surface area contributed by atoms with Gasteiger partial charge in [0.05, 0.1) is 0 Å². The SMILES string of the molecule is O=C(CCC1CCCC1)N1CCC(c2nc(C3CCOCC3)no2)CC1. The van der Waals surface area contributed by atoms with Gasteiger partial charge in [0.2, 0.25) is 11.8 Å². The Morgan fingerprint density at radius 2 is 1.73 bits per heavy atom. The van der Waals surface area contributed by atoms with Crippen LogP contribution in [0.4, 0.5) is 0 Å². The molecule has 3 fully saturated rings. The molecule has 0 bridgehead atoms. The number of hydrogen-bond donors (Lipinski definition) is 0. The third-order valence-electron chi connectivity index (χ3n) is 6.48. The average Bonchev–Trinajstić information content (AvgIpc) is 3.39. The van der Waals surface area contributed by atoms with Crippen LogP contribution in [0.2, 0.25) is 0 Å². The summed E-state index contributed by atoms with van der Waals surface area (Å²) in [4.78, 5) is 19.2. The van der Waals surface area contributed by atoms with Crippen LogP contribution in [0.1, 0.15) is 87.8 Å². The molecule has 6 nitrogen and oxygen atoms in total. The Morgan fingerprint density at radius 1 is 1.00 bits per heavy atom. The Balaban J connectivity index is 1.24. The van der Waals surface area contributed by atoms with Crippen molar-refractivity contribution >= 4 is 5.91 Å². The van der Waals surface area contributed by atoms with Crippen molar-refractivity contribution in [2.45, 2.75) is 76.0 Å². The van der Waals surface area contributed by atoms with E-state index in [4.69, 9.17) is 9.26 Å². The van der Waals surface area contributed by atoms with Crippen LogP contribution in [-0.2, 0) is 9.53 Å². The molecule has 1 aliphatic carbocycles. The number of nitrogens with zero attached hydrogens (tertiary/aromatic N) is 3. The van der Waals surface area contributed by atoms with Gasteiger partial charge < -0.3 is 14.2 Å². The van der Waals surface area contributed by atoms with E-state index in [1.165, 1.54) is 25.7 Å². The van der Waals surface area contributed by atoms with Crippen molar-refractivity contribution in [1.82, 2.24) is 15.0 Å². The molecular formula is C20H31N3O3. The molecule has 0 atom stereocenters. The maximum Gasteiger partial charge on any atom is 0.229 e. The van der Waals surface area contributed by atoms with E-state index >= 15 is 0 Å². The van der Waals surface area contributed by atoms with Crippen molar-refractivity contribution in [2.24, 2.45) is 5.92 Å². The van der Waals surface area contributed by atoms with E-state index in [2.05, 4.69) is 10.1 Å². The molecule has 1 amide bonds. The number of aromatic nitrogens is 2. The number of carbonyl (C=O) groups excluding carboxylic acids is 1. The van der Waals surface area contributed by atoms with E-state index in [1.807, 2.05) is 4.90 Å². The summed E-state index contributed by atoms with van der Waals surface area (Å²) in [5, 5.41) is 4.22. The number of amides is 1. The lowest BCUT2D eigenvalue weighted by Gasteiger charge is -2.30. The van der Waals surface area contributed by atoms with Crippen LogP contribution in [0.3, 0.4) is 0 Å². The van der Waals surface area contributed by atoms with Gasteiger partial charge in [-0.3, -0.25) is 4.79 Å². The fraction of sp³-hybridized carbons (Fsp3) is 0.850. The second kappa shape index (κ2) is 8.51. The first kappa shape index (κ1) is 18.0. The third kappa shape index (κ3) is 4.27. The van der Waals surface area contributed by atoms with Crippen molar-refractivity contribution in [3.05, 3.63) is 11.7 Å². The van der Waals surface area contributed by atoms with Gasteiger partial charge in [0.15, 0.2) is 5.82 Å². The lowest BCUT2D eigenvalue weighted by Crippen LogP contribution is -2.38. The highest BCUT2D eigenvalue weighted by molar-refractivity contribution is 5.76. The van der Waals surface area contributed by atoms with Crippen molar-refractivity contribution in [2.75, 3.05) is 26.3 Å². The predicted molar refractivity (Wildman–Crippen MR) is 96.8 cm³/mol. The molecule has 0 aromatic carbocycles. The summed E-state index contributed by atoms with van der Waals surface area (Å²) < 4.78 is 11.0. The predicted octanol–water partition coefficient (Wildman–Crippen LogP) is 3.64. The summed E-state index contributed by atoms with van der Waals surface area (Å²) in [5.74, 6) is 3.42. The fourth-order valence-electron chi connectivity index (χ4n) is 4.70. The second-order valence-corrected chi connectivity index (χ2v) is 8.22. The second-order valence-electron chi connectivity index (χ2n) is 8.22. The summed E-state index contributed by atoms with van der Waals surface area (Å²) >= 11 is 0. The Bertz CT molecular complexity index is 583. The largest absolute Gasteiger partial charge is 0.381 e. The number of rotatable bonds is 5. The lowest BCUT2D eigenvalue weighted by molar-refractivity contribution is -0.132. The molecule has 4 rings (SSSR count). The zero-order chi connectivity index (χ0) is 17.8. The molecule has 1 saturated carbocycles. The standard InChI is InChI=1S/C20H31N3O3/c24-18(6-5-15-3-1-2-4-15)23-11-7-17(8-12-23)20-21-19(22-26-20)16-9-13-25-14-10-16/h15-17H,1-14H2. The highest BCUT2D eigenvalue weighted by Crippen LogP contribution is 2.32. The molecule has 6 heteroatoms. The monoisotopic (exact) mass is 361 g/mol. The van der Waals surface area contributed by atoms with Crippen LogP contribution in [-0.4, -0.2) is 47.3 Å². The molecule has 2 aliphatic heterocycles. The molecule has 1 aromatic heterocycles. The summed E-state index contributed by atoms with van der Waals surface area (Å²) in [5.41, 5.74) is 0. The van der Waals surface area contributed by atoms with Crippen molar-refractivity contribution in [3.8, 4) is 0 Å². The Labute approximate surface area is 155 Å². The van der Waals surface area contributed by atoms with Gasteiger partial charge in [-0.05, 0) is 38.0 Å². The lowest BCUT2D eigenvalue weighted by atomic mass is 9.95. The minimum absolute atomic E-state index is 0.301. The molecule has 2 saturated heterocycles. The van der Waals surface area contributed by atoms with Crippen molar-refractivity contribution < 1.29 is 14.1 Å². The van der Waals surface area contributed by atoms with Gasteiger partial charge in [0, 0.05) is 44.6 Å². The van der Waals surface area contributed by atoms with Crippen LogP contribution in [0.25, 0.3) is 0 Å². The molecule has 144 valence electrons. The molecule has 0 N–H and O–H groups in total. The first-order chi connectivity index (χ1) is 12.8. The minimum Gasteiger partial charge on any atom is -0.381 e. The summed E-state index contributed by atoms with van der Waals surface area (Å²) in [6.45, 7) is 3.22. The number of likely N-dealkylation sites (tertiary alicyclic amines) is 1. The quantitative estimate of drug-likeness (QED) is 0.801. The number of hydrogen-bond acceptors (Lipinski definition) is 5. The molecule has 0 unspecified atom stereocenters. The van der Waals surface area contributed by atoms with E-state index in [-0.39, 0.29) is 0 Å². The maximum atomic E-state index is 12.5. The van der Waals surface area contributed by atoms with E-state index in [1.54, 1.807) is 0 Å². The van der Waals surface area contributed by atoms with Crippen LogP contribution in [0, 0.1) is 5.92 Å². The van der Waals surface area contributed by atoms with E-state index in [0.29, 0.717) is 17.7 Å². The summed E-state index contributed by atoms with van der Waals surface area (Å²) in [7, 11) is 0. The van der Waals surface area contributed by atoms with Crippen LogP contribution < -0.4 is 0 Å². The highest BCUT2D eigenvalue weighted by Gasteiger charge is 2.29. The highest BCUT2D eigenvalue weighted by atomic mass is 16.5. The third-order valence-corrected chi connectivity index (χ3v) is 6.48. The van der Waals surface area contributed by atoms with Gasteiger partial charge in [-0.15, -0.1) is 0 Å². The molecule has 0 radical (unpaired) electrons. The van der Waals surface area contributed by atoms with Gasteiger partial charge in [-0.2, -0.15) is 4.98 Å². The average molecular weight is 361 g/mol. The first-order valence-corrected chi connectivity index (χ1v) is 10.5. The Hall–Kier alpha value is -1.43. The van der Waals surface area contributed by atoms with Gasteiger partial charge >= 0.3 is 0 Å². The number of piperidine rings is 1. The van der Waals surface area contributed by atoms with Gasteiger partial charge in [0.25, 0.3) is 0 Å². The van der Waals surface area contributed by atoms with Crippen molar-refractivity contribution in [3.63, 3.8) is 0 Å². The maximum absolute atomic E-state index is 12.5. The topological polar surface area (TPSA) is 68.5 Å². The fourth-order valence-corrected chi connectivity index (χ4v) is 4.70. The molecule has 3 heterocycles. The zero-order valence-electron chi connectivity index (χ0n) is 15.7. The van der Waals surface area contributed by atoms with Gasteiger partial charge in [-0.1, -0.05) is 30.8 Å². The smallest absolute Gasteiger partial charge is 0.229 e. The van der Waals surface area contributed by atoms with Crippen LogP contribution >= 0.6 is 0 Å². The van der Waals surface area contributed by atoms with E-state index in [9.17, 15) is 4.79 Å². The number of ether oxygens (including phenoxy) is 1. The molecule has 3 aliphatic rings. The Kier molecular flexibility index (Phi) is 5.88. The van der Waals surface area contributed by atoms with Crippen LogP contribution in [0.15, 0.2) is 4.52 Å². The van der Waals surface area contributed by atoms with E-state index < -0.39 is 0 Å². The van der Waals surface area contributed by atoms with Gasteiger partial charge in [0.1, 0.15) is 0 Å². The molecule has 1 aromatic rings. The molecule has 26 heavy (non-hydrogen) atoms. The molecular weight excluding hydrogens is 330 g/mol. The number of carbonyl (C=O) groups is 1. The molecule has 0 spiro atoms. The van der Waals surface area contributed by atoms with Crippen LogP contribution in [0.5, 0.6) is 0 Å². The first-order valence-electron chi connectivity index (χ1n) is 10.5. The van der Waals surface area contributed by atoms with Gasteiger partial charge in [-0.25, -0.2) is 0 Å². The van der Waals surface area contributed by atoms with Crippen molar-refractivity contribution in [1.29, 1.82) is 0 Å².